The van der Waals surface area contributed by atoms with Crippen LogP contribution in [0, 0.1) is 11.6 Å². The van der Waals surface area contributed by atoms with E-state index < -0.39 is 11.6 Å². The van der Waals surface area contributed by atoms with Gasteiger partial charge in [0.1, 0.15) is 11.6 Å². The lowest BCUT2D eigenvalue weighted by molar-refractivity contribution is 0.584. The summed E-state index contributed by atoms with van der Waals surface area (Å²) in [7, 11) is 0. The Morgan fingerprint density at radius 1 is 0.346 bits per heavy atom. The summed E-state index contributed by atoms with van der Waals surface area (Å²) in [5.74, 6) is -1.10. The third-order valence-corrected chi connectivity index (χ3v) is 3.85. The Balaban J connectivity index is 0.000000152. The quantitative estimate of drug-likeness (QED) is 0.368. The largest absolute Gasteiger partial charge is 0.207 e. The van der Waals surface area contributed by atoms with E-state index in [4.69, 9.17) is 0 Å². The fraction of sp³-hybridized carbons (Fsp3) is 0. The summed E-state index contributed by atoms with van der Waals surface area (Å²) in [5, 5.41) is 0. The summed E-state index contributed by atoms with van der Waals surface area (Å²) < 4.78 is 25.7. The molecule has 0 bridgehead atoms. The van der Waals surface area contributed by atoms with Crippen molar-refractivity contribution in [3.05, 3.63) is 121 Å². The predicted molar refractivity (Wildman–Crippen MR) is 104 cm³/mol. The highest BCUT2D eigenvalue weighted by molar-refractivity contribution is 5.63. The topological polar surface area (TPSA) is 0 Å². The van der Waals surface area contributed by atoms with Crippen LogP contribution in [0.3, 0.4) is 0 Å². The fourth-order valence-corrected chi connectivity index (χ4v) is 2.61. The van der Waals surface area contributed by atoms with Crippen LogP contribution in [0.25, 0.3) is 22.3 Å². The Morgan fingerprint density at radius 2 is 0.654 bits per heavy atom. The molecule has 0 fully saturated rings. The number of benzene rings is 4. The second kappa shape index (κ2) is 8.72. The maximum absolute atomic E-state index is 12.9. The molecule has 0 unspecified atom stereocenters. The highest BCUT2D eigenvalue weighted by Gasteiger charge is 2.01. The molecule has 2 heteroatoms. The minimum Gasteiger partial charge on any atom is -0.207 e. The van der Waals surface area contributed by atoms with Crippen molar-refractivity contribution in [3.63, 3.8) is 0 Å². The summed E-state index contributed by atoms with van der Waals surface area (Å²) in [5.41, 5.74) is 3.92. The molecule has 0 saturated heterocycles. The van der Waals surface area contributed by atoms with E-state index in [0.717, 1.165) is 11.6 Å². The van der Waals surface area contributed by atoms with E-state index in [0.29, 0.717) is 5.56 Å². The molecule has 26 heavy (non-hydrogen) atoms. The predicted octanol–water partition coefficient (Wildman–Crippen LogP) is 6.99. The first-order valence-electron chi connectivity index (χ1n) is 8.34. The van der Waals surface area contributed by atoms with Gasteiger partial charge in [-0.1, -0.05) is 91.0 Å². The molecule has 0 heterocycles. The van der Waals surface area contributed by atoms with Gasteiger partial charge >= 0.3 is 0 Å². The molecule has 0 aliphatic rings. The monoisotopic (exact) mass is 344 g/mol. The van der Waals surface area contributed by atoms with Crippen molar-refractivity contribution < 1.29 is 8.78 Å². The SMILES string of the molecule is Fc1cc(F)cc(-c2ccccc2)c1.c1ccc(-c2ccccc2)cc1. The van der Waals surface area contributed by atoms with Gasteiger partial charge in [-0.3, -0.25) is 0 Å². The molecule has 128 valence electrons. The van der Waals surface area contributed by atoms with Gasteiger partial charge in [-0.25, -0.2) is 8.78 Å². The van der Waals surface area contributed by atoms with Crippen LogP contribution in [0.5, 0.6) is 0 Å². The lowest BCUT2D eigenvalue weighted by Crippen LogP contribution is -1.83. The van der Waals surface area contributed by atoms with Crippen LogP contribution < -0.4 is 0 Å². The molecule has 0 N–H and O–H groups in total. The molecule has 4 rings (SSSR count). The molecule has 0 amide bonds. The minimum absolute atomic E-state index is 0.552. The summed E-state index contributed by atoms with van der Waals surface area (Å²) >= 11 is 0. The van der Waals surface area contributed by atoms with Crippen molar-refractivity contribution in [3.8, 4) is 22.3 Å². The van der Waals surface area contributed by atoms with E-state index >= 15 is 0 Å². The normalized spacial score (nSPS) is 9.92. The van der Waals surface area contributed by atoms with Gasteiger partial charge in [0.05, 0.1) is 0 Å². The maximum atomic E-state index is 12.9. The van der Waals surface area contributed by atoms with E-state index in [1.807, 2.05) is 42.5 Å². The van der Waals surface area contributed by atoms with Gasteiger partial charge in [-0.15, -0.1) is 0 Å². The zero-order chi connectivity index (χ0) is 18.2. The fourth-order valence-electron chi connectivity index (χ4n) is 2.61. The Hall–Kier alpha value is -3.26. The molecule has 0 spiro atoms. The number of hydrogen-bond acceptors (Lipinski definition) is 0. The molecular formula is C24H18F2. The molecule has 0 aliphatic carbocycles. The molecule has 0 nitrogen and oxygen atoms in total. The lowest BCUT2D eigenvalue weighted by atomic mass is 10.1. The first-order chi connectivity index (χ1) is 12.7. The van der Waals surface area contributed by atoms with Crippen LogP contribution >= 0.6 is 0 Å². The molecule has 4 aromatic rings. The van der Waals surface area contributed by atoms with Crippen LogP contribution in [0.1, 0.15) is 0 Å². The Bertz CT molecular complexity index is 876. The molecule has 0 saturated carbocycles. The molecule has 0 aromatic heterocycles. The van der Waals surface area contributed by atoms with Crippen LogP contribution in [0.15, 0.2) is 109 Å². The second-order valence-electron chi connectivity index (χ2n) is 5.76. The third kappa shape index (κ3) is 4.87. The summed E-state index contributed by atoms with van der Waals surface area (Å²) in [4.78, 5) is 0. The van der Waals surface area contributed by atoms with Crippen molar-refractivity contribution in [2.45, 2.75) is 0 Å². The van der Waals surface area contributed by atoms with Crippen LogP contribution in [0.4, 0.5) is 8.78 Å². The van der Waals surface area contributed by atoms with Crippen molar-refractivity contribution >= 4 is 0 Å². The first kappa shape index (κ1) is 17.6. The average Bonchev–Trinajstić information content (AvgIpc) is 2.70. The second-order valence-corrected chi connectivity index (χ2v) is 5.76. The molecule has 0 radical (unpaired) electrons. The van der Waals surface area contributed by atoms with Crippen molar-refractivity contribution in [1.29, 1.82) is 0 Å². The molecule has 0 aliphatic heterocycles. The van der Waals surface area contributed by atoms with Gasteiger partial charge in [0.2, 0.25) is 0 Å². The summed E-state index contributed by atoms with van der Waals surface area (Å²) in [6.45, 7) is 0. The van der Waals surface area contributed by atoms with E-state index in [9.17, 15) is 8.78 Å². The van der Waals surface area contributed by atoms with Gasteiger partial charge in [0, 0.05) is 6.07 Å². The minimum atomic E-state index is -0.552. The number of hydrogen-bond donors (Lipinski definition) is 0. The van der Waals surface area contributed by atoms with Gasteiger partial charge in [-0.05, 0) is 34.4 Å². The zero-order valence-electron chi connectivity index (χ0n) is 14.1. The molecule has 4 aromatic carbocycles. The Kier molecular flexibility index (Phi) is 5.89. The number of rotatable bonds is 2. The van der Waals surface area contributed by atoms with E-state index in [1.54, 1.807) is 0 Å². The van der Waals surface area contributed by atoms with Crippen LogP contribution in [-0.2, 0) is 0 Å². The Morgan fingerprint density at radius 3 is 1.00 bits per heavy atom. The van der Waals surface area contributed by atoms with Crippen LogP contribution in [0.2, 0.25) is 0 Å². The van der Waals surface area contributed by atoms with Gasteiger partial charge in [0.15, 0.2) is 0 Å². The lowest BCUT2D eigenvalue weighted by Gasteiger charge is -2.01. The standard InChI is InChI=1S/C12H8F2.C12H10/c13-11-6-10(7-12(14)8-11)9-4-2-1-3-5-9;1-3-7-11(8-4-1)12-9-5-2-6-10-12/h1-8H;1-10H. The number of halogens is 2. The Labute approximate surface area is 152 Å². The average molecular weight is 344 g/mol. The molecular weight excluding hydrogens is 326 g/mol. The zero-order valence-corrected chi connectivity index (χ0v) is 14.1. The van der Waals surface area contributed by atoms with Gasteiger partial charge < -0.3 is 0 Å². The summed E-state index contributed by atoms with van der Waals surface area (Å²) in [6.07, 6.45) is 0. The smallest absolute Gasteiger partial charge is 0.126 e. The third-order valence-electron chi connectivity index (χ3n) is 3.85. The van der Waals surface area contributed by atoms with E-state index in [2.05, 4.69) is 48.5 Å². The van der Waals surface area contributed by atoms with Gasteiger partial charge in [0.25, 0.3) is 0 Å². The van der Waals surface area contributed by atoms with Crippen LogP contribution in [-0.4, -0.2) is 0 Å². The summed E-state index contributed by atoms with van der Waals surface area (Å²) in [6, 6.07) is 33.4. The maximum Gasteiger partial charge on any atom is 0.126 e. The molecule has 0 atom stereocenters. The van der Waals surface area contributed by atoms with E-state index in [1.165, 1.54) is 23.3 Å². The van der Waals surface area contributed by atoms with E-state index in [-0.39, 0.29) is 0 Å². The highest BCUT2D eigenvalue weighted by Crippen LogP contribution is 2.21. The van der Waals surface area contributed by atoms with Crippen molar-refractivity contribution in [1.82, 2.24) is 0 Å². The van der Waals surface area contributed by atoms with Crippen molar-refractivity contribution in [2.75, 3.05) is 0 Å². The highest BCUT2D eigenvalue weighted by atomic mass is 19.1. The van der Waals surface area contributed by atoms with Crippen molar-refractivity contribution in [2.24, 2.45) is 0 Å². The first-order valence-corrected chi connectivity index (χ1v) is 8.34. The van der Waals surface area contributed by atoms with Gasteiger partial charge in [-0.2, -0.15) is 0 Å².